The molecule has 2 atom stereocenters. The summed E-state index contributed by atoms with van der Waals surface area (Å²) in [6, 6.07) is 10.4. The molecule has 0 bridgehead atoms. The van der Waals surface area contributed by atoms with Crippen LogP contribution in [0.4, 0.5) is 5.69 Å². The first-order valence-corrected chi connectivity index (χ1v) is 7.29. The van der Waals surface area contributed by atoms with Crippen molar-refractivity contribution >= 4 is 11.5 Å². The van der Waals surface area contributed by atoms with Crippen molar-refractivity contribution in [2.24, 2.45) is 11.3 Å². The molecule has 2 heteroatoms. The fraction of sp³-hybridized carbons (Fsp3) is 0.389. The SMILES string of the molecule is CC1(C)CC(Nc2ccccc2)C(C(=O)C2=CC=C2)C1. The van der Waals surface area contributed by atoms with Gasteiger partial charge in [0.2, 0.25) is 0 Å². The number of anilines is 1. The number of allylic oxidation sites excluding steroid dienone is 4. The normalized spacial score (nSPS) is 26.8. The minimum absolute atomic E-state index is 0.0846. The van der Waals surface area contributed by atoms with Gasteiger partial charge in [-0.15, -0.1) is 0 Å². The zero-order valence-corrected chi connectivity index (χ0v) is 12.1. The van der Waals surface area contributed by atoms with Crippen LogP contribution in [0.5, 0.6) is 0 Å². The summed E-state index contributed by atoms with van der Waals surface area (Å²) in [5.74, 6) is 0.382. The third-order valence-electron chi connectivity index (χ3n) is 4.33. The maximum Gasteiger partial charge on any atom is 0.168 e. The summed E-state index contributed by atoms with van der Waals surface area (Å²) in [5.41, 5.74) is 2.21. The van der Waals surface area contributed by atoms with E-state index in [0.717, 1.165) is 24.1 Å². The molecule has 2 aliphatic rings. The lowest BCUT2D eigenvalue weighted by atomic mass is 9.86. The number of hydrogen-bond donors (Lipinski definition) is 1. The second-order valence-corrected chi connectivity index (χ2v) is 6.64. The second kappa shape index (κ2) is 4.93. The molecule has 1 aromatic rings. The van der Waals surface area contributed by atoms with Crippen molar-refractivity contribution in [1.29, 1.82) is 0 Å². The number of benzene rings is 1. The maximum absolute atomic E-state index is 12.6. The Morgan fingerprint density at radius 3 is 2.50 bits per heavy atom. The van der Waals surface area contributed by atoms with E-state index in [1.165, 1.54) is 0 Å². The number of rotatable bonds is 4. The first-order valence-electron chi connectivity index (χ1n) is 7.29. The topological polar surface area (TPSA) is 29.1 Å². The van der Waals surface area contributed by atoms with Crippen LogP contribution >= 0.6 is 0 Å². The van der Waals surface area contributed by atoms with Gasteiger partial charge in [0.15, 0.2) is 5.78 Å². The van der Waals surface area contributed by atoms with Gasteiger partial charge >= 0.3 is 0 Å². The van der Waals surface area contributed by atoms with Crippen LogP contribution in [-0.2, 0) is 4.79 Å². The molecule has 0 spiro atoms. The van der Waals surface area contributed by atoms with Crippen LogP contribution in [0, 0.1) is 11.3 Å². The molecule has 0 radical (unpaired) electrons. The zero-order chi connectivity index (χ0) is 14.2. The van der Waals surface area contributed by atoms with Gasteiger partial charge in [0.25, 0.3) is 0 Å². The number of para-hydroxylation sites is 1. The number of nitrogens with one attached hydrogen (secondary N) is 1. The molecule has 1 saturated carbocycles. The monoisotopic (exact) mass is 267 g/mol. The highest BCUT2D eigenvalue weighted by Crippen LogP contribution is 2.44. The zero-order valence-electron chi connectivity index (χ0n) is 12.1. The summed E-state index contributed by atoms with van der Waals surface area (Å²) in [5, 5.41) is 3.56. The van der Waals surface area contributed by atoms with Crippen molar-refractivity contribution in [3.05, 3.63) is 54.1 Å². The summed E-state index contributed by atoms with van der Waals surface area (Å²) in [7, 11) is 0. The van der Waals surface area contributed by atoms with E-state index >= 15 is 0 Å². The largest absolute Gasteiger partial charge is 0.382 e. The number of Topliss-reactive ketones (excluding diaryl/α,β-unsaturated/α-hetero) is 1. The highest BCUT2D eigenvalue weighted by molar-refractivity contribution is 6.02. The first kappa shape index (κ1) is 13.2. The highest BCUT2D eigenvalue weighted by Gasteiger charge is 2.43. The van der Waals surface area contributed by atoms with E-state index < -0.39 is 0 Å². The lowest BCUT2D eigenvalue weighted by molar-refractivity contribution is -0.119. The molecule has 104 valence electrons. The number of carbonyl (C=O) groups excluding carboxylic acids is 1. The second-order valence-electron chi connectivity index (χ2n) is 6.64. The number of carbonyl (C=O) groups is 1. The molecule has 3 rings (SSSR count). The Kier molecular flexibility index (Phi) is 3.25. The molecule has 1 N–H and O–H groups in total. The van der Waals surface area contributed by atoms with Gasteiger partial charge in [0, 0.05) is 23.2 Å². The van der Waals surface area contributed by atoms with E-state index in [2.05, 4.69) is 31.3 Å². The molecule has 0 aliphatic heterocycles. The fourth-order valence-electron chi connectivity index (χ4n) is 3.30. The lowest BCUT2D eigenvalue weighted by Gasteiger charge is -2.22. The molecule has 2 nitrogen and oxygen atoms in total. The summed E-state index contributed by atoms with van der Waals surface area (Å²) < 4.78 is 0. The van der Waals surface area contributed by atoms with Crippen molar-refractivity contribution in [2.75, 3.05) is 5.32 Å². The van der Waals surface area contributed by atoms with Crippen molar-refractivity contribution in [3.8, 4) is 0 Å². The minimum Gasteiger partial charge on any atom is -0.382 e. The molecule has 2 aliphatic carbocycles. The Labute approximate surface area is 120 Å². The Balaban J connectivity index is 1.78. The summed E-state index contributed by atoms with van der Waals surface area (Å²) >= 11 is 0. The summed E-state index contributed by atoms with van der Waals surface area (Å²) in [4.78, 5) is 12.6. The average Bonchev–Trinajstić information content (AvgIpc) is 2.63. The van der Waals surface area contributed by atoms with E-state index in [0.29, 0.717) is 5.78 Å². The molecular formula is C18H21NO. The van der Waals surface area contributed by atoms with Crippen molar-refractivity contribution in [1.82, 2.24) is 0 Å². The molecule has 0 amide bonds. The van der Waals surface area contributed by atoms with Crippen LogP contribution in [0.15, 0.2) is 54.1 Å². The Bertz CT molecular complexity index is 568. The molecular weight excluding hydrogens is 246 g/mol. The van der Waals surface area contributed by atoms with Crippen molar-refractivity contribution < 1.29 is 4.79 Å². The maximum atomic E-state index is 12.6. The van der Waals surface area contributed by atoms with E-state index in [1.807, 2.05) is 36.4 Å². The number of hydrogen-bond acceptors (Lipinski definition) is 2. The van der Waals surface area contributed by atoms with Crippen LogP contribution in [0.3, 0.4) is 0 Å². The first-order chi connectivity index (χ1) is 9.55. The van der Waals surface area contributed by atoms with Gasteiger partial charge in [0.1, 0.15) is 0 Å². The van der Waals surface area contributed by atoms with Gasteiger partial charge < -0.3 is 5.32 Å². The van der Waals surface area contributed by atoms with Crippen LogP contribution in [0.25, 0.3) is 0 Å². The predicted octanol–water partition coefficient (Wildman–Crippen LogP) is 3.97. The van der Waals surface area contributed by atoms with E-state index in [4.69, 9.17) is 0 Å². The van der Waals surface area contributed by atoms with Crippen LogP contribution < -0.4 is 5.32 Å². The van der Waals surface area contributed by atoms with Crippen molar-refractivity contribution in [2.45, 2.75) is 32.7 Å². The van der Waals surface area contributed by atoms with Crippen molar-refractivity contribution in [3.63, 3.8) is 0 Å². The van der Waals surface area contributed by atoms with Gasteiger partial charge in [0.05, 0.1) is 0 Å². The van der Waals surface area contributed by atoms with E-state index in [9.17, 15) is 4.79 Å². The molecule has 1 fully saturated rings. The fourth-order valence-corrected chi connectivity index (χ4v) is 3.30. The summed E-state index contributed by atoms with van der Waals surface area (Å²) in [6.45, 7) is 4.51. The van der Waals surface area contributed by atoms with E-state index in [1.54, 1.807) is 0 Å². The Hall–Kier alpha value is -1.83. The standard InChI is InChI=1S/C18H21NO/c1-18(2)11-15(17(20)13-7-6-8-13)16(12-18)19-14-9-4-3-5-10-14/h3-10,15-16,19H,11-12H2,1-2H3. The molecule has 0 heterocycles. The van der Waals surface area contributed by atoms with Crippen LogP contribution in [0.1, 0.15) is 26.7 Å². The smallest absolute Gasteiger partial charge is 0.168 e. The molecule has 0 aromatic heterocycles. The van der Waals surface area contributed by atoms with E-state index in [-0.39, 0.29) is 17.4 Å². The molecule has 2 unspecified atom stereocenters. The predicted molar refractivity (Wildman–Crippen MR) is 82.6 cm³/mol. The third-order valence-corrected chi connectivity index (χ3v) is 4.33. The minimum atomic E-state index is 0.0846. The number of ketones is 1. The van der Waals surface area contributed by atoms with Crippen LogP contribution in [0.2, 0.25) is 0 Å². The van der Waals surface area contributed by atoms with Gasteiger partial charge in [-0.25, -0.2) is 0 Å². The van der Waals surface area contributed by atoms with Gasteiger partial charge in [-0.1, -0.05) is 50.3 Å². The van der Waals surface area contributed by atoms with Gasteiger partial charge in [-0.05, 0) is 30.4 Å². The lowest BCUT2D eigenvalue weighted by Crippen LogP contribution is -2.31. The molecule has 1 aromatic carbocycles. The molecule has 20 heavy (non-hydrogen) atoms. The summed E-state index contributed by atoms with van der Waals surface area (Å²) in [6.07, 6.45) is 7.78. The quantitative estimate of drug-likeness (QED) is 0.894. The third kappa shape index (κ3) is 2.55. The average molecular weight is 267 g/mol. The van der Waals surface area contributed by atoms with Gasteiger partial charge in [-0.2, -0.15) is 0 Å². The van der Waals surface area contributed by atoms with Crippen LogP contribution in [-0.4, -0.2) is 11.8 Å². The van der Waals surface area contributed by atoms with Gasteiger partial charge in [-0.3, -0.25) is 4.79 Å². The Morgan fingerprint density at radius 1 is 1.20 bits per heavy atom. The molecule has 0 saturated heterocycles. The highest BCUT2D eigenvalue weighted by atomic mass is 16.1. The Morgan fingerprint density at radius 2 is 1.90 bits per heavy atom.